The molecule has 9 heteroatoms. The van der Waals surface area contributed by atoms with Gasteiger partial charge in [0.15, 0.2) is 5.16 Å². The molecular weight excluding hydrogens is 420 g/mol. The zero-order chi connectivity index (χ0) is 21.9. The molecule has 1 heterocycles. The maximum Gasteiger partial charge on any atom is 0.242 e. The molecule has 0 saturated heterocycles. The Bertz CT molecular complexity index is 1150. The third-order valence-electron chi connectivity index (χ3n) is 4.40. The Kier molecular flexibility index (Phi) is 6.84. The van der Waals surface area contributed by atoms with Gasteiger partial charge < -0.3 is 9.88 Å². The van der Waals surface area contributed by atoms with Crippen molar-refractivity contribution in [3.8, 4) is 0 Å². The van der Waals surface area contributed by atoms with Gasteiger partial charge in [-0.3, -0.25) is 4.79 Å². The van der Waals surface area contributed by atoms with Crippen LogP contribution in [0.5, 0.6) is 0 Å². The molecule has 0 aliphatic heterocycles. The van der Waals surface area contributed by atoms with Crippen molar-refractivity contribution in [3.63, 3.8) is 0 Å². The molecule has 2 aromatic carbocycles. The number of amides is 1. The third kappa shape index (κ3) is 5.03. The monoisotopic (exact) mass is 446 g/mol. The number of aromatic nitrogens is 2. The first-order valence-electron chi connectivity index (χ1n) is 9.59. The van der Waals surface area contributed by atoms with Crippen LogP contribution in [0, 0.1) is 5.92 Å². The Morgan fingerprint density at radius 3 is 2.60 bits per heavy atom. The molecule has 0 radical (unpaired) electrons. The molecule has 0 atom stereocenters. The number of hydrogen-bond acceptors (Lipinski definition) is 5. The fourth-order valence-electron chi connectivity index (χ4n) is 2.98. The number of para-hydroxylation sites is 2. The number of thioether (sulfide) groups is 1. The van der Waals surface area contributed by atoms with E-state index in [0.717, 1.165) is 27.0 Å². The van der Waals surface area contributed by atoms with E-state index < -0.39 is 10.0 Å². The Morgan fingerprint density at radius 2 is 1.90 bits per heavy atom. The van der Waals surface area contributed by atoms with E-state index in [-0.39, 0.29) is 16.6 Å². The van der Waals surface area contributed by atoms with Crippen molar-refractivity contribution in [2.75, 3.05) is 25.2 Å². The second kappa shape index (κ2) is 9.20. The minimum atomic E-state index is -3.56. The minimum absolute atomic E-state index is 0.136. The van der Waals surface area contributed by atoms with Gasteiger partial charge in [0.1, 0.15) is 0 Å². The quantitative estimate of drug-likeness (QED) is 0.534. The van der Waals surface area contributed by atoms with E-state index in [2.05, 4.69) is 28.7 Å². The zero-order valence-electron chi connectivity index (χ0n) is 17.5. The number of benzene rings is 2. The Labute approximate surface area is 181 Å². The molecule has 0 aliphatic rings. The number of anilines is 1. The summed E-state index contributed by atoms with van der Waals surface area (Å²) in [5.74, 6) is 0.395. The van der Waals surface area contributed by atoms with E-state index in [0.29, 0.717) is 11.6 Å². The number of rotatable bonds is 8. The van der Waals surface area contributed by atoms with Crippen LogP contribution in [0.3, 0.4) is 0 Å². The average Bonchev–Trinajstić information content (AvgIpc) is 3.03. The molecule has 1 aromatic heterocycles. The van der Waals surface area contributed by atoms with Gasteiger partial charge in [-0.15, -0.1) is 0 Å². The van der Waals surface area contributed by atoms with E-state index in [1.165, 1.54) is 38.0 Å². The number of nitrogens with zero attached hydrogens (tertiary/aromatic N) is 3. The molecule has 0 spiro atoms. The molecular formula is C21H26N4O3S2. The van der Waals surface area contributed by atoms with Crippen molar-refractivity contribution in [1.82, 2.24) is 13.9 Å². The standard InChI is InChI=1S/C21H26N4O3S2/c1-15(2)13-25-19-11-6-5-10-18(19)23-21(25)29-14-20(26)22-16-8-7-9-17(12-16)30(27,28)24(3)4/h5-12,15H,13-14H2,1-4H3,(H,22,26). The van der Waals surface area contributed by atoms with Crippen LogP contribution in [0.4, 0.5) is 5.69 Å². The van der Waals surface area contributed by atoms with Crippen molar-refractivity contribution >= 4 is 44.4 Å². The largest absolute Gasteiger partial charge is 0.325 e. The van der Waals surface area contributed by atoms with Gasteiger partial charge >= 0.3 is 0 Å². The van der Waals surface area contributed by atoms with E-state index in [1.54, 1.807) is 12.1 Å². The van der Waals surface area contributed by atoms with Crippen molar-refractivity contribution in [2.24, 2.45) is 5.92 Å². The molecule has 7 nitrogen and oxygen atoms in total. The molecule has 0 bridgehead atoms. The predicted octanol–water partition coefficient (Wildman–Crippen LogP) is 3.67. The Morgan fingerprint density at radius 1 is 1.17 bits per heavy atom. The molecule has 0 saturated carbocycles. The number of carbonyl (C=O) groups excluding carboxylic acids is 1. The lowest BCUT2D eigenvalue weighted by Gasteiger charge is -2.13. The van der Waals surface area contributed by atoms with Crippen LogP contribution in [0.15, 0.2) is 58.6 Å². The molecule has 1 amide bonds. The van der Waals surface area contributed by atoms with Gasteiger partial charge in [0, 0.05) is 26.3 Å². The summed E-state index contributed by atoms with van der Waals surface area (Å²) in [6, 6.07) is 14.2. The van der Waals surface area contributed by atoms with Crippen molar-refractivity contribution in [3.05, 3.63) is 48.5 Å². The Balaban J connectivity index is 1.73. The summed E-state index contributed by atoms with van der Waals surface area (Å²) in [7, 11) is -0.614. The SMILES string of the molecule is CC(C)Cn1c(SCC(=O)Nc2cccc(S(=O)(=O)N(C)C)c2)nc2ccccc21. The first-order chi connectivity index (χ1) is 14.2. The maximum absolute atomic E-state index is 12.5. The lowest BCUT2D eigenvalue weighted by atomic mass is 10.2. The van der Waals surface area contributed by atoms with Gasteiger partial charge in [-0.05, 0) is 36.2 Å². The van der Waals surface area contributed by atoms with Gasteiger partial charge in [-0.1, -0.05) is 43.8 Å². The van der Waals surface area contributed by atoms with Crippen LogP contribution < -0.4 is 5.32 Å². The number of imidazole rings is 1. The molecule has 160 valence electrons. The lowest BCUT2D eigenvalue weighted by Crippen LogP contribution is -2.22. The highest BCUT2D eigenvalue weighted by Gasteiger charge is 2.18. The van der Waals surface area contributed by atoms with Crippen molar-refractivity contribution in [2.45, 2.75) is 30.4 Å². The summed E-state index contributed by atoms with van der Waals surface area (Å²) >= 11 is 1.37. The molecule has 0 fully saturated rings. The molecule has 30 heavy (non-hydrogen) atoms. The van der Waals surface area contributed by atoms with Crippen LogP contribution in [0.1, 0.15) is 13.8 Å². The fourth-order valence-corrected chi connectivity index (χ4v) is 4.75. The summed E-state index contributed by atoms with van der Waals surface area (Å²) in [6.07, 6.45) is 0. The smallest absolute Gasteiger partial charge is 0.242 e. The zero-order valence-corrected chi connectivity index (χ0v) is 19.1. The molecule has 0 unspecified atom stereocenters. The molecule has 3 rings (SSSR count). The maximum atomic E-state index is 12.5. The van der Waals surface area contributed by atoms with Gasteiger partial charge in [0.25, 0.3) is 0 Å². The Hall–Kier alpha value is -2.36. The number of carbonyl (C=O) groups is 1. The topological polar surface area (TPSA) is 84.3 Å². The lowest BCUT2D eigenvalue weighted by molar-refractivity contribution is -0.113. The molecule has 0 aliphatic carbocycles. The van der Waals surface area contributed by atoms with Crippen LogP contribution in [0.25, 0.3) is 11.0 Å². The first kappa shape index (κ1) is 22.3. The van der Waals surface area contributed by atoms with Gasteiger partial charge in [-0.2, -0.15) is 0 Å². The van der Waals surface area contributed by atoms with Gasteiger partial charge in [0.2, 0.25) is 15.9 Å². The van der Waals surface area contributed by atoms with Crippen LogP contribution >= 0.6 is 11.8 Å². The normalized spacial score (nSPS) is 12.1. The number of hydrogen-bond donors (Lipinski definition) is 1. The highest BCUT2D eigenvalue weighted by molar-refractivity contribution is 7.99. The molecule has 3 aromatic rings. The van der Waals surface area contributed by atoms with E-state index in [1.807, 2.05) is 24.3 Å². The summed E-state index contributed by atoms with van der Waals surface area (Å²) in [4.78, 5) is 17.3. The van der Waals surface area contributed by atoms with Crippen LogP contribution in [-0.4, -0.2) is 48.0 Å². The van der Waals surface area contributed by atoms with Crippen LogP contribution in [-0.2, 0) is 21.4 Å². The van der Waals surface area contributed by atoms with Gasteiger partial charge in [0.05, 0.1) is 21.7 Å². The van der Waals surface area contributed by atoms with Crippen LogP contribution in [0.2, 0.25) is 0 Å². The number of sulfonamides is 1. The fraction of sp³-hybridized carbons (Fsp3) is 0.333. The third-order valence-corrected chi connectivity index (χ3v) is 7.18. The van der Waals surface area contributed by atoms with Crippen molar-refractivity contribution in [1.29, 1.82) is 0 Å². The minimum Gasteiger partial charge on any atom is -0.325 e. The second-order valence-corrected chi connectivity index (χ2v) is 10.6. The predicted molar refractivity (Wildman–Crippen MR) is 121 cm³/mol. The first-order valence-corrected chi connectivity index (χ1v) is 12.0. The second-order valence-electron chi connectivity index (χ2n) is 7.54. The number of nitrogens with one attached hydrogen (secondary N) is 1. The summed E-state index contributed by atoms with van der Waals surface area (Å²) < 4.78 is 27.9. The highest BCUT2D eigenvalue weighted by atomic mass is 32.2. The van der Waals surface area contributed by atoms with E-state index in [4.69, 9.17) is 0 Å². The van der Waals surface area contributed by atoms with E-state index >= 15 is 0 Å². The highest BCUT2D eigenvalue weighted by Crippen LogP contribution is 2.25. The summed E-state index contributed by atoms with van der Waals surface area (Å²) in [5.41, 5.74) is 2.40. The average molecular weight is 447 g/mol. The van der Waals surface area contributed by atoms with E-state index in [9.17, 15) is 13.2 Å². The number of fused-ring (bicyclic) bond motifs is 1. The summed E-state index contributed by atoms with van der Waals surface area (Å²) in [5, 5.41) is 3.57. The van der Waals surface area contributed by atoms with Crippen molar-refractivity contribution < 1.29 is 13.2 Å². The van der Waals surface area contributed by atoms with Gasteiger partial charge in [-0.25, -0.2) is 17.7 Å². The molecule has 1 N–H and O–H groups in total. The summed E-state index contributed by atoms with van der Waals surface area (Å²) in [6.45, 7) is 5.10.